The van der Waals surface area contributed by atoms with Gasteiger partial charge in [0.1, 0.15) is 17.6 Å². The first-order valence-corrected chi connectivity index (χ1v) is 8.44. The normalized spacial score (nSPS) is 11.7. The topological polar surface area (TPSA) is 76.1 Å². The van der Waals surface area contributed by atoms with Gasteiger partial charge in [0.2, 0.25) is 5.76 Å². The van der Waals surface area contributed by atoms with Gasteiger partial charge in [-0.3, -0.25) is 9.37 Å². The fourth-order valence-electron chi connectivity index (χ4n) is 1.88. The monoisotopic (exact) mass is 565 g/mol. The summed E-state index contributed by atoms with van der Waals surface area (Å²) in [7, 11) is 0. The molecule has 0 fully saturated rings. The number of fused-ring (bicyclic) bond motifs is 1. The average Bonchev–Trinajstić information content (AvgIpc) is 3.18. The maximum Gasteiger partial charge on any atom is 0.449 e. The molecule has 4 nitrogen and oxygen atoms in total. The van der Waals surface area contributed by atoms with E-state index >= 15 is 0 Å². The molecule has 29 heavy (non-hydrogen) atoms. The minimum Gasteiger partial charge on any atom is -0.504 e. The first-order valence-electron chi connectivity index (χ1n) is 7.56. The Labute approximate surface area is 212 Å². The number of allylic oxidation sites excluding steroid dienone is 2. The number of hydrogen-bond donors (Lipinski definition) is 1. The number of benzene rings is 1. The summed E-state index contributed by atoms with van der Waals surface area (Å²) in [6, 6.07) is 11.3. The summed E-state index contributed by atoms with van der Waals surface area (Å²) in [5.74, 6) is -2.42. The molecule has 1 aliphatic rings. The number of nitrogens with zero attached hydrogens (tertiary/aromatic N) is 1. The van der Waals surface area contributed by atoms with Gasteiger partial charge >= 0.3 is 12.0 Å². The van der Waals surface area contributed by atoms with Crippen LogP contribution in [0.4, 0.5) is 13.2 Å². The molecule has 0 spiro atoms. The standard InChI is InChI=1S/C10H9N.C8H5F3O2S.C2H4.Eu.H2O/c1-11-7-6-9-4-2-3-5-10(9)8-11;9-8(10,11)7(13)4-5(12)6-2-1-3-14-6;1-2;;/h2-8H,1H2;1-4,13H;1-2H2;;1H2/p+1. The van der Waals surface area contributed by atoms with Gasteiger partial charge in [-0.25, -0.2) is 0 Å². The van der Waals surface area contributed by atoms with Gasteiger partial charge in [-0.1, -0.05) is 41.5 Å². The number of thiophene rings is 1. The van der Waals surface area contributed by atoms with Crippen LogP contribution in [0.3, 0.4) is 0 Å². The molecule has 0 atom stereocenters. The summed E-state index contributed by atoms with van der Waals surface area (Å²) in [5, 5.41) is 10.1. The van der Waals surface area contributed by atoms with E-state index in [4.69, 9.17) is 9.90 Å². The van der Waals surface area contributed by atoms with E-state index in [0.29, 0.717) is 0 Å². The molecule has 9 heteroatoms. The third kappa shape index (κ3) is 10.2. The summed E-state index contributed by atoms with van der Waals surface area (Å²) in [6.07, 6.45) is -0.540. The Hall–Kier alpha value is -1.52. The van der Waals surface area contributed by atoms with Crippen molar-refractivity contribution in [3.05, 3.63) is 95.5 Å². The molecular formula is C20H21EuF3NO3S+. The first-order chi connectivity index (χ1) is 12.8. The van der Waals surface area contributed by atoms with Crippen LogP contribution in [0.2, 0.25) is 0 Å². The number of aliphatic hydroxyl groups excluding tert-OH is 1. The Morgan fingerprint density at radius 3 is 2.34 bits per heavy atom. The largest absolute Gasteiger partial charge is 0.504 e. The Morgan fingerprint density at radius 2 is 1.79 bits per heavy atom. The third-order valence-electron chi connectivity index (χ3n) is 3.08. The van der Waals surface area contributed by atoms with Crippen LogP contribution in [0, 0.1) is 55.9 Å². The number of aliphatic hydroxyl groups is 1. The van der Waals surface area contributed by atoms with E-state index in [0.717, 1.165) is 11.3 Å². The van der Waals surface area contributed by atoms with Crippen LogP contribution in [0.15, 0.2) is 73.0 Å². The predicted molar refractivity (Wildman–Crippen MR) is 108 cm³/mol. The van der Waals surface area contributed by atoms with Gasteiger partial charge < -0.3 is 10.6 Å². The van der Waals surface area contributed by atoms with E-state index in [1.807, 2.05) is 29.5 Å². The van der Waals surface area contributed by atoms with Crippen LogP contribution in [-0.4, -0.2) is 38.6 Å². The zero-order valence-electron chi connectivity index (χ0n) is 15.2. The Kier molecular flexibility index (Phi) is 14.8. The predicted octanol–water partition coefficient (Wildman–Crippen LogP) is 4.52. The van der Waals surface area contributed by atoms with Crippen molar-refractivity contribution in [2.75, 3.05) is 0 Å². The summed E-state index contributed by atoms with van der Waals surface area (Å²) in [4.78, 5) is 9.40. The molecule has 1 aromatic carbocycles. The van der Waals surface area contributed by atoms with Gasteiger partial charge in [0.05, 0.1) is 12.8 Å². The molecule has 2 heterocycles. The number of rotatable bonds is 2. The average molecular weight is 564 g/mol. The van der Waals surface area contributed by atoms with Crippen molar-refractivity contribution >= 4 is 29.9 Å². The van der Waals surface area contributed by atoms with Crippen molar-refractivity contribution < 1.29 is 82.5 Å². The van der Waals surface area contributed by atoms with Gasteiger partial charge in [-0.15, -0.1) is 30.6 Å². The zero-order chi connectivity index (χ0) is 20.4. The smallest absolute Gasteiger partial charge is 0.449 e. The van der Waals surface area contributed by atoms with E-state index in [9.17, 15) is 13.2 Å². The summed E-state index contributed by atoms with van der Waals surface area (Å²) in [5.41, 5.74) is 2.48. The minimum absolute atomic E-state index is 0. The zero-order valence-corrected chi connectivity index (χ0v) is 18.5. The van der Waals surface area contributed by atoms with Crippen LogP contribution >= 0.6 is 11.3 Å². The molecule has 3 rings (SSSR count). The van der Waals surface area contributed by atoms with Crippen molar-refractivity contribution in [2.24, 2.45) is 0 Å². The number of alkyl halides is 3. The van der Waals surface area contributed by atoms with Gasteiger partial charge in [0.15, 0.2) is 0 Å². The van der Waals surface area contributed by atoms with E-state index in [1.54, 1.807) is 11.4 Å². The van der Waals surface area contributed by atoms with Crippen molar-refractivity contribution in [1.29, 1.82) is 0 Å². The first kappa shape index (κ1) is 29.7. The van der Waals surface area contributed by atoms with Crippen molar-refractivity contribution in [2.45, 2.75) is 6.18 Å². The number of hydrogen-bond acceptors (Lipinski definition) is 2. The molecule has 157 valence electrons. The molecule has 0 saturated heterocycles. The molecule has 1 aromatic heterocycles. The number of halogens is 3. The van der Waals surface area contributed by atoms with E-state index in [1.165, 1.54) is 17.2 Å². The van der Waals surface area contributed by atoms with Gasteiger partial charge in [0.25, 0.3) is 0 Å². The molecule has 0 amide bonds. The maximum absolute atomic E-state index is 11.8. The minimum atomic E-state index is -4.83. The van der Waals surface area contributed by atoms with Crippen LogP contribution < -0.4 is 0 Å². The van der Waals surface area contributed by atoms with Gasteiger partial charge in [-0.05, 0) is 11.4 Å². The second-order valence-electron chi connectivity index (χ2n) is 4.98. The van der Waals surface area contributed by atoms with Crippen LogP contribution in [0.25, 0.3) is 6.08 Å². The summed E-state index contributed by atoms with van der Waals surface area (Å²) >= 11 is 1.07. The SMILES string of the molecule is C=C.C=[N+]1C=Cc2ccccc2[CH-]1.O.OC(=CC(=[OH+])c1cccs1)C(F)(F)F.[Eu]. The number of carbonyl (C=O) groups excluding carboxylic acids is 1. The molecule has 1 radical (unpaired) electrons. The summed E-state index contributed by atoms with van der Waals surface area (Å²) < 4.78 is 37.2. The number of ketones is 1. The van der Waals surface area contributed by atoms with Gasteiger partial charge in [-0.2, -0.15) is 13.2 Å². The molecular weight excluding hydrogens is 543 g/mol. The molecule has 0 unspecified atom stereocenters. The molecule has 0 bridgehead atoms. The fraction of sp³-hybridized carbons (Fsp3) is 0.0500. The molecule has 2 aromatic rings. The van der Waals surface area contributed by atoms with E-state index < -0.39 is 17.7 Å². The van der Waals surface area contributed by atoms with Crippen LogP contribution in [0.1, 0.15) is 16.0 Å². The van der Waals surface area contributed by atoms with E-state index in [2.05, 4.69) is 38.1 Å². The van der Waals surface area contributed by atoms with Crippen molar-refractivity contribution in [3.63, 3.8) is 0 Å². The van der Waals surface area contributed by atoms with Crippen LogP contribution in [0.5, 0.6) is 0 Å². The second kappa shape index (κ2) is 14.5. The molecule has 4 N–H and O–H groups in total. The molecule has 1 aliphatic heterocycles. The fourth-order valence-corrected chi connectivity index (χ4v) is 2.53. The summed E-state index contributed by atoms with van der Waals surface area (Å²) in [6.45, 7) is 11.8. The Bertz CT molecular complexity index is 847. The molecule has 0 saturated carbocycles. The van der Waals surface area contributed by atoms with Crippen molar-refractivity contribution in [1.82, 2.24) is 0 Å². The van der Waals surface area contributed by atoms with Crippen LogP contribution in [-0.2, 0) is 0 Å². The third-order valence-corrected chi connectivity index (χ3v) is 3.98. The Morgan fingerprint density at radius 1 is 1.17 bits per heavy atom. The maximum atomic E-state index is 11.8. The second-order valence-corrected chi connectivity index (χ2v) is 5.93. The molecule has 0 aliphatic carbocycles. The van der Waals surface area contributed by atoms with Crippen molar-refractivity contribution in [3.8, 4) is 0 Å². The van der Waals surface area contributed by atoms with E-state index in [-0.39, 0.29) is 65.8 Å². The van der Waals surface area contributed by atoms with Gasteiger partial charge in [0, 0.05) is 49.4 Å². The Balaban J connectivity index is 0. The quantitative estimate of drug-likeness (QED) is 0.109.